The zero-order valence-corrected chi connectivity index (χ0v) is 10.3. The molecule has 0 radical (unpaired) electrons. The van der Waals surface area contributed by atoms with E-state index in [2.05, 4.69) is 20.7 Å². The number of carbonyl (C=O) groups excluding carboxylic acids is 1. The second-order valence-corrected chi connectivity index (χ2v) is 5.51. The van der Waals surface area contributed by atoms with Crippen molar-refractivity contribution in [2.75, 3.05) is 0 Å². The minimum absolute atomic E-state index is 0.190. The van der Waals surface area contributed by atoms with Gasteiger partial charge in [0.25, 0.3) is 0 Å². The summed E-state index contributed by atoms with van der Waals surface area (Å²) >= 11 is 3.12. The van der Waals surface area contributed by atoms with E-state index in [-0.39, 0.29) is 5.75 Å². The number of halogens is 2. The van der Waals surface area contributed by atoms with Crippen molar-refractivity contribution in [1.82, 2.24) is 4.72 Å². The van der Waals surface area contributed by atoms with Crippen LogP contribution in [-0.2, 0) is 9.24 Å². The van der Waals surface area contributed by atoms with Crippen LogP contribution >= 0.6 is 26.6 Å². The van der Waals surface area contributed by atoms with E-state index in [1.54, 1.807) is 18.2 Å². The van der Waals surface area contributed by atoms with E-state index < -0.39 is 15.3 Å². The molecule has 0 saturated carbocycles. The molecule has 0 aliphatic carbocycles. The lowest BCUT2D eigenvalue weighted by Crippen LogP contribution is -2.29. The Morgan fingerprint density at radius 1 is 1.40 bits per heavy atom. The zero-order valence-electron chi connectivity index (χ0n) is 7.11. The molecular weight excluding hydrogens is 310 g/mol. The number of rotatable bonds is 2. The summed E-state index contributed by atoms with van der Waals surface area (Å²) in [5, 5.41) is 0. The summed E-state index contributed by atoms with van der Waals surface area (Å²) in [6.07, 6.45) is -1.17. The van der Waals surface area contributed by atoms with Crippen molar-refractivity contribution >= 4 is 41.9 Å². The van der Waals surface area contributed by atoms with Crippen molar-refractivity contribution in [3.63, 3.8) is 0 Å². The molecule has 0 aliphatic rings. The smallest absolute Gasteiger partial charge is 0.408 e. The SMILES string of the molecule is O=C(NS(=O)(=O)Cl)Oc1ccccc1Br. The Bertz CT molecular complexity index is 476. The molecule has 0 fully saturated rings. The second-order valence-electron chi connectivity index (χ2n) is 2.36. The van der Waals surface area contributed by atoms with Crippen LogP contribution < -0.4 is 9.46 Å². The van der Waals surface area contributed by atoms with Crippen molar-refractivity contribution in [2.24, 2.45) is 0 Å². The Morgan fingerprint density at radius 2 is 2.00 bits per heavy atom. The number of benzene rings is 1. The number of nitrogens with one attached hydrogen (secondary N) is 1. The highest BCUT2D eigenvalue weighted by molar-refractivity contribution is 9.10. The molecular formula is C7H5BrClNO4S. The zero-order chi connectivity index (χ0) is 11.5. The van der Waals surface area contributed by atoms with Crippen molar-refractivity contribution in [1.29, 1.82) is 0 Å². The monoisotopic (exact) mass is 313 g/mol. The van der Waals surface area contributed by atoms with Crippen LogP contribution in [0.5, 0.6) is 5.75 Å². The topological polar surface area (TPSA) is 72.5 Å². The van der Waals surface area contributed by atoms with Crippen LogP contribution in [0, 0.1) is 0 Å². The van der Waals surface area contributed by atoms with Gasteiger partial charge < -0.3 is 4.74 Å². The van der Waals surface area contributed by atoms with Crippen molar-refractivity contribution < 1.29 is 17.9 Å². The van der Waals surface area contributed by atoms with Gasteiger partial charge in [-0.15, -0.1) is 0 Å². The molecule has 0 aromatic heterocycles. The van der Waals surface area contributed by atoms with E-state index in [0.29, 0.717) is 4.47 Å². The molecule has 1 amide bonds. The fourth-order valence-corrected chi connectivity index (χ4v) is 1.54. The van der Waals surface area contributed by atoms with Crippen molar-refractivity contribution in [3.8, 4) is 5.75 Å². The molecule has 0 saturated heterocycles. The first-order chi connectivity index (χ1) is 6.88. The lowest BCUT2D eigenvalue weighted by molar-refractivity contribution is 0.206. The average molecular weight is 315 g/mol. The number of hydrogen-bond donors (Lipinski definition) is 1. The maximum absolute atomic E-state index is 11.0. The predicted octanol–water partition coefficient (Wildman–Crippen LogP) is 2.02. The average Bonchev–Trinajstić information content (AvgIpc) is 2.05. The van der Waals surface area contributed by atoms with Crippen molar-refractivity contribution in [3.05, 3.63) is 28.7 Å². The van der Waals surface area contributed by atoms with Crippen LogP contribution in [0.4, 0.5) is 4.79 Å². The Morgan fingerprint density at radius 3 is 2.53 bits per heavy atom. The summed E-state index contributed by atoms with van der Waals surface area (Å²) in [7, 11) is 0.659. The summed E-state index contributed by atoms with van der Waals surface area (Å²) in [5.74, 6) is 0.190. The third-order valence-corrected chi connectivity index (χ3v) is 2.54. The highest BCUT2D eigenvalue weighted by Gasteiger charge is 2.13. The molecule has 1 rings (SSSR count). The molecule has 1 aromatic rings. The minimum atomic E-state index is -4.12. The summed E-state index contributed by atoms with van der Waals surface area (Å²) in [4.78, 5) is 11.0. The Labute approximate surface area is 99.1 Å². The van der Waals surface area contributed by atoms with Gasteiger partial charge in [-0.3, -0.25) is 0 Å². The minimum Gasteiger partial charge on any atom is -0.408 e. The van der Waals surface area contributed by atoms with Crippen LogP contribution in [0.3, 0.4) is 0 Å². The lowest BCUT2D eigenvalue weighted by atomic mass is 10.3. The van der Waals surface area contributed by atoms with Crippen molar-refractivity contribution in [2.45, 2.75) is 0 Å². The molecule has 82 valence electrons. The van der Waals surface area contributed by atoms with Gasteiger partial charge in [0, 0.05) is 10.7 Å². The third kappa shape index (κ3) is 4.50. The number of amides is 1. The van der Waals surface area contributed by atoms with Gasteiger partial charge in [0.2, 0.25) is 0 Å². The Balaban J connectivity index is 2.72. The van der Waals surface area contributed by atoms with Crippen LogP contribution in [0.25, 0.3) is 0 Å². The van der Waals surface area contributed by atoms with Gasteiger partial charge in [0.05, 0.1) is 4.47 Å². The van der Waals surface area contributed by atoms with Gasteiger partial charge in [-0.1, -0.05) is 12.1 Å². The molecule has 1 N–H and O–H groups in total. The fourth-order valence-electron chi connectivity index (χ4n) is 0.748. The van der Waals surface area contributed by atoms with E-state index in [4.69, 9.17) is 10.7 Å². The molecule has 0 aliphatic heterocycles. The normalized spacial score (nSPS) is 10.8. The molecule has 5 nitrogen and oxygen atoms in total. The second kappa shape index (κ2) is 4.82. The van der Waals surface area contributed by atoms with E-state index in [9.17, 15) is 13.2 Å². The van der Waals surface area contributed by atoms with Crippen LogP contribution in [0.15, 0.2) is 28.7 Å². The first kappa shape index (κ1) is 12.3. The number of hydrogen-bond acceptors (Lipinski definition) is 4. The van der Waals surface area contributed by atoms with E-state index >= 15 is 0 Å². The molecule has 0 bridgehead atoms. The van der Waals surface area contributed by atoms with Crippen LogP contribution in [0.1, 0.15) is 0 Å². The van der Waals surface area contributed by atoms with E-state index in [0.717, 1.165) is 0 Å². The predicted molar refractivity (Wildman–Crippen MR) is 58.1 cm³/mol. The Hall–Kier alpha value is -0.790. The van der Waals surface area contributed by atoms with Crippen LogP contribution in [0.2, 0.25) is 0 Å². The third-order valence-electron chi connectivity index (χ3n) is 1.24. The van der Waals surface area contributed by atoms with E-state index in [1.165, 1.54) is 10.8 Å². The molecule has 15 heavy (non-hydrogen) atoms. The van der Waals surface area contributed by atoms with Crippen LogP contribution in [-0.4, -0.2) is 14.5 Å². The summed E-state index contributed by atoms with van der Waals surface area (Å²) < 4.78 is 27.5. The fraction of sp³-hybridized carbons (Fsp3) is 0. The lowest BCUT2D eigenvalue weighted by Gasteiger charge is -2.05. The summed E-state index contributed by atoms with van der Waals surface area (Å²) in [5.41, 5.74) is 0. The molecule has 1 aromatic carbocycles. The van der Waals surface area contributed by atoms with E-state index in [1.807, 2.05) is 0 Å². The van der Waals surface area contributed by atoms with Gasteiger partial charge >= 0.3 is 15.3 Å². The molecule has 0 spiro atoms. The van der Waals surface area contributed by atoms with Gasteiger partial charge in [-0.05, 0) is 28.1 Å². The molecule has 0 heterocycles. The molecule has 8 heteroatoms. The summed E-state index contributed by atoms with van der Waals surface area (Å²) in [6, 6.07) is 6.47. The standard InChI is InChI=1S/C7H5BrClNO4S/c8-5-3-1-2-4-6(5)14-7(11)10-15(9,12)13/h1-4H,(H,10,11). The maximum atomic E-state index is 11.0. The number of carbonyl (C=O) groups is 1. The largest absolute Gasteiger partial charge is 0.427 e. The Kier molecular flexibility index (Phi) is 3.95. The molecule has 0 unspecified atom stereocenters. The first-order valence-corrected chi connectivity index (χ1v) is 6.67. The van der Waals surface area contributed by atoms with Gasteiger partial charge in [-0.25, -0.2) is 9.52 Å². The highest BCUT2D eigenvalue weighted by atomic mass is 79.9. The van der Waals surface area contributed by atoms with Gasteiger partial charge in [0.1, 0.15) is 5.75 Å². The van der Waals surface area contributed by atoms with Gasteiger partial charge in [-0.2, -0.15) is 8.42 Å². The number of para-hydroxylation sites is 1. The number of ether oxygens (including phenoxy) is 1. The molecule has 0 atom stereocenters. The first-order valence-electron chi connectivity index (χ1n) is 3.57. The maximum Gasteiger partial charge on any atom is 0.427 e. The van der Waals surface area contributed by atoms with Gasteiger partial charge in [0.15, 0.2) is 0 Å². The highest BCUT2D eigenvalue weighted by Crippen LogP contribution is 2.23. The summed E-state index contributed by atoms with van der Waals surface area (Å²) in [6.45, 7) is 0. The quantitative estimate of drug-likeness (QED) is 0.848.